The summed E-state index contributed by atoms with van der Waals surface area (Å²) in [5.74, 6) is -4.12. The van der Waals surface area contributed by atoms with Crippen LogP contribution < -0.4 is 5.32 Å². The van der Waals surface area contributed by atoms with Gasteiger partial charge in [-0.1, -0.05) is 51.1 Å². The Morgan fingerprint density at radius 2 is 1.63 bits per heavy atom. The van der Waals surface area contributed by atoms with Gasteiger partial charge in [-0.25, -0.2) is 4.39 Å². The molecule has 2 aromatic rings. The topological polar surface area (TPSA) is 29.1 Å². The SMILES string of the molecule is CC(C)c1ccc([C@@H](C(=O)Nc2cc(CC3CC3)ccc2F)[C@@H](C)C(F)(F)F)cc1. The normalized spacial score (nSPS) is 16.4. The molecule has 2 nitrogen and oxygen atoms in total. The van der Waals surface area contributed by atoms with E-state index < -0.39 is 29.7 Å². The van der Waals surface area contributed by atoms with Crippen molar-refractivity contribution < 1.29 is 22.4 Å². The van der Waals surface area contributed by atoms with Gasteiger partial charge in [0, 0.05) is 0 Å². The number of benzene rings is 2. The minimum absolute atomic E-state index is 0.0728. The van der Waals surface area contributed by atoms with Gasteiger partial charge in [0.1, 0.15) is 5.82 Å². The van der Waals surface area contributed by atoms with Crippen LogP contribution in [0.3, 0.4) is 0 Å². The van der Waals surface area contributed by atoms with Gasteiger partial charge < -0.3 is 5.32 Å². The molecule has 162 valence electrons. The summed E-state index contributed by atoms with van der Waals surface area (Å²) >= 11 is 0. The molecule has 1 aliphatic rings. The highest BCUT2D eigenvalue weighted by Gasteiger charge is 2.45. The summed E-state index contributed by atoms with van der Waals surface area (Å²) in [5.41, 5.74) is 2.03. The van der Waals surface area contributed by atoms with Crippen LogP contribution in [0.4, 0.5) is 23.2 Å². The van der Waals surface area contributed by atoms with Gasteiger partial charge in [0.05, 0.1) is 17.5 Å². The van der Waals surface area contributed by atoms with Gasteiger partial charge in [0.2, 0.25) is 5.91 Å². The number of hydrogen-bond donors (Lipinski definition) is 1. The zero-order valence-corrected chi connectivity index (χ0v) is 17.4. The summed E-state index contributed by atoms with van der Waals surface area (Å²) < 4.78 is 54.9. The molecule has 30 heavy (non-hydrogen) atoms. The predicted octanol–water partition coefficient (Wildman–Crippen LogP) is 6.82. The van der Waals surface area contributed by atoms with Crippen LogP contribution >= 0.6 is 0 Å². The first kappa shape index (κ1) is 22.3. The van der Waals surface area contributed by atoms with Crippen molar-refractivity contribution in [2.24, 2.45) is 11.8 Å². The fraction of sp³-hybridized carbons (Fsp3) is 0.458. The number of amides is 1. The first-order valence-electron chi connectivity index (χ1n) is 10.3. The molecule has 0 spiro atoms. The molecule has 0 bridgehead atoms. The first-order valence-corrected chi connectivity index (χ1v) is 10.3. The van der Waals surface area contributed by atoms with Crippen molar-refractivity contribution in [2.45, 2.75) is 58.0 Å². The molecule has 1 N–H and O–H groups in total. The number of anilines is 1. The van der Waals surface area contributed by atoms with E-state index in [1.54, 1.807) is 30.3 Å². The standard InChI is InChI=1S/C24H27F4NO/c1-14(2)18-7-9-19(10-8-18)22(15(3)24(26,27)28)23(30)29-21-13-17(6-11-20(21)25)12-16-4-5-16/h6-11,13-16,22H,4-5,12H2,1-3H3,(H,29,30)/t15-,22+/m1/s1. The number of carbonyl (C=O) groups is 1. The molecule has 3 rings (SSSR count). The molecule has 0 radical (unpaired) electrons. The fourth-order valence-corrected chi connectivity index (χ4v) is 3.61. The van der Waals surface area contributed by atoms with Crippen LogP contribution in [-0.4, -0.2) is 12.1 Å². The Kier molecular flexibility index (Phi) is 6.53. The number of hydrogen-bond acceptors (Lipinski definition) is 1. The molecule has 2 atom stereocenters. The first-order chi connectivity index (χ1) is 14.1. The van der Waals surface area contributed by atoms with Crippen molar-refractivity contribution in [3.8, 4) is 0 Å². The maximum atomic E-state index is 14.3. The Balaban J connectivity index is 1.88. The fourth-order valence-electron chi connectivity index (χ4n) is 3.61. The van der Waals surface area contributed by atoms with Gasteiger partial charge in [0.15, 0.2) is 0 Å². The second-order valence-corrected chi connectivity index (χ2v) is 8.58. The van der Waals surface area contributed by atoms with Crippen LogP contribution in [0.15, 0.2) is 42.5 Å². The van der Waals surface area contributed by atoms with E-state index in [4.69, 9.17) is 0 Å². The molecule has 1 fully saturated rings. The average Bonchev–Trinajstić information content (AvgIpc) is 3.48. The lowest BCUT2D eigenvalue weighted by Gasteiger charge is -2.26. The molecule has 0 aliphatic heterocycles. The number of rotatable bonds is 7. The van der Waals surface area contributed by atoms with Gasteiger partial charge in [-0.15, -0.1) is 0 Å². The highest BCUT2D eigenvalue weighted by atomic mass is 19.4. The number of halogens is 4. The lowest BCUT2D eigenvalue weighted by Crippen LogP contribution is -2.34. The Morgan fingerprint density at radius 3 is 2.17 bits per heavy atom. The third-order valence-electron chi connectivity index (χ3n) is 5.77. The van der Waals surface area contributed by atoms with E-state index in [1.165, 1.54) is 12.1 Å². The molecule has 1 amide bonds. The van der Waals surface area contributed by atoms with Crippen LogP contribution in [-0.2, 0) is 11.2 Å². The van der Waals surface area contributed by atoms with E-state index in [9.17, 15) is 22.4 Å². The molecular weight excluding hydrogens is 394 g/mol. The average molecular weight is 421 g/mol. The Bertz CT molecular complexity index is 885. The molecule has 1 aliphatic carbocycles. The Labute approximate surface area is 174 Å². The van der Waals surface area contributed by atoms with E-state index in [2.05, 4.69) is 5.32 Å². The molecule has 0 heterocycles. The van der Waals surface area contributed by atoms with Crippen LogP contribution in [0, 0.1) is 17.7 Å². The predicted molar refractivity (Wildman–Crippen MR) is 110 cm³/mol. The van der Waals surface area contributed by atoms with Crippen molar-refractivity contribution in [3.05, 3.63) is 65.0 Å². The zero-order chi connectivity index (χ0) is 22.1. The van der Waals surface area contributed by atoms with Crippen LogP contribution in [0.1, 0.15) is 62.1 Å². The smallest absolute Gasteiger partial charge is 0.323 e. The Morgan fingerprint density at radius 1 is 1.03 bits per heavy atom. The van der Waals surface area contributed by atoms with E-state index in [-0.39, 0.29) is 17.2 Å². The monoisotopic (exact) mass is 421 g/mol. The van der Waals surface area contributed by atoms with Crippen molar-refractivity contribution in [3.63, 3.8) is 0 Å². The highest BCUT2D eigenvalue weighted by Crippen LogP contribution is 2.39. The maximum absolute atomic E-state index is 14.3. The summed E-state index contributed by atoms with van der Waals surface area (Å²) in [7, 11) is 0. The number of carbonyl (C=O) groups excluding carboxylic acids is 1. The van der Waals surface area contributed by atoms with E-state index in [0.717, 1.165) is 37.3 Å². The van der Waals surface area contributed by atoms with Crippen LogP contribution in [0.5, 0.6) is 0 Å². The van der Waals surface area contributed by atoms with Crippen molar-refractivity contribution in [2.75, 3.05) is 5.32 Å². The largest absolute Gasteiger partial charge is 0.392 e. The molecule has 1 saturated carbocycles. The molecule has 0 aromatic heterocycles. The maximum Gasteiger partial charge on any atom is 0.392 e. The third kappa shape index (κ3) is 5.41. The molecule has 0 unspecified atom stereocenters. The molecule has 2 aromatic carbocycles. The second-order valence-electron chi connectivity index (χ2n) is 8.58. The molecular formula is C24H27F4NO. The lowest BCUT2D eigenvalue weighted by molar-refractivity contribution is -0.178. The number of alkyl halides is 3. The summed E-state index contributed by atoms with van der Waals surface area (Å²) in [6.45, 7) is 4.95. The highest BCUT2D eigenvalue weighted by molar-refractivity contribution is 5.96. The second kappa shape index (κ2) is 8.78. The molecule has 0 saturated heterocycles. The summed E-state index contributed by atoms with van der Waals surface area (Å²) in [6, 6.07) is 11.0. The summed E-state index contributed by atoms with van der Waals surface area (Å²) in [6.07, 6.45) is -1.54. The quantitative estimate of drug-likeness (QED) is 0.488. The van der Waals surface area contributed by atoms with E-state index in [1.807, 2.05) is 13.8 Å². The van der Waals surface area contributed by atoms with E-state index in [0.29, 0.717) is 5.92 Å². The van der Waals surface area contributed by atoms with Gasteiger partial charge >= 0.3 is 6.18 Å². The van der Waals surface area contributed by atoms with Gasteiger partial charge in [-0.2, -0.15) is 13.2 Å². The van der Waals surface area contributed by atoms with Gasteiger partial charge in [-0.3, -0.25) is 4.79 Å². The van der Waals surface area contributed by atoms with Crippen molar-refractivity contribution in [1.29, 1.82) is 0 Å². The van der Waals surface area contributed by atoms with Crippen molar-refractivity contribution >= 4 is 11.6 Å². The third-order valence-corrected chi connectivity index (χ3v) is 5.77. The Hall–Kier alpha value is -2.37. The van der Waals surface area contributed by atoms with Crippen LogP contribution in [0.2, 0.25) is 0 Å². The van der Waals surface area contributed by atoms with Gasteiger partial charge in [0.25, 0.3) is 0 Å². The number of nitrogens with one attached hydrogen (secondary N) is 1. The summed E-state index contributed by atoms with van der Waals surface area (Å²) in [5, 5.41) is 2.42. The van der Waals surface area contributed by atoms with E-state index >= 15 is 0 Å². The van der Waals surface area contributed by atoms with Crippen molar-refractivity contribution in [1.82, 2.24) is 0 Å². The molecule has 6 heteroatoms. The van der Waals surface area contributed by atoms with Gasteiger partial charge in [-0.05, 0) is 59.9 Å². The zero-order valence-electron chi connectivity index (χ0n) is 17.4. The van der Waals surface area contributed by atoms with Crippen LogP contribution in [0.25, 0.3) is 0 Å². The minimum atomic E-state index is -4.56. The minimum Gasteiger partial charge on any atom is -0.323 e. The lowest BCUT2D eigenvalue weighted by atomic mass is 9.85. The summed E-state index contributed by atoms with van der Waals surface area (Å²) in [4.78, 5) is 12.9.